The molecule has 1 aromatic heterocycles. The number of carbonyl (C=O) groups excluding carboxylic acids is 1. The van der Waals surface area contributed by atoms with Gasteiger partial charge in [0.05, 0.1) is 11.6 Å². The predicted molar refractivity (Wildman–Crippen MR) is 94.0 cm³/mol. The Morgan fingerprint density at radius 3 is 2.92 bits per heavy atom. The number of hydrogen-bond acceptors (Lipinski definition) is 6. The lowest BCUT2D eigenvalue weighted by Gasteiger charge is -2.34. The van der Waals surface area contributed by atoms with E-state index in [1.165, 1.54) is 0 Å². The van der Waals surface area contributed by atoms with Crippen molar-refractivity contribution in [3.63, 3.8) is 0 Å². The van der Waals surface area contributed by atoms with E-state index in [-0.39, 0.29) is 12.1 Å². The van der Waals surface area contributed by atoms with Crippen LogP contribution in [0.2, 0.25) is 0 Å². The number of carbonyl (C=O) groups is 1. The standard InChI is InChI=1S/C19H22N4O3/c1-19(2,3)25-18(24)23-10-5-4-9-15(23)17-21-16(22-26-17)14-8-6-7-13(11-14)12-20/h6-8,11,15H,4-5,9-10H2,1-3H3/t15-/m0/s1. The van der Waals surface area contributed by atoms with Crippen LogP contribution in [0.5, 0.6) is 0 Å². The van der Waals surface area contributed by atoms with Gasteiger partial charge < -0.3 is 9.26 Å². The molecule has 1 atom stereocenters. The topological polar surface area (TPSA) is 92.2 Å². The molecular weight excluding hydrogens is 332 g/mol. The van der Waals surface area contributed by atoms with Gasteiger partial charge in [-0.1, -0.05) is 17.3 Å². The van der Waals surface area contributed by atoms with Gasteiger partial charge in [-0.05, 0) is 52.2 Å². The number of hydrogen-bond donors (Lipinski definition) is 0. The molecule has 1 aromatic carbocycles. The third kappa shape index (κ3) is 4.02. The molecule has 0 saturated carbocycles. The Balaban J connectivity index is 1.84. The number of likely N-dealkylation sites (tertiary alicyclic amines) is 1. The Kier molecular flexibility index (Phi) is 4.94. The summed E-state index contributed by atoms with van der Waals surface area (Å²) in [5.41, 5.74) is 0.678. The molecule has 1 saturated heterocycles. The zero-order chi connectivity index (χ0) is 18.7. The zero-order valence-electron chi connectivity index (χ0n) is 15.2. The first-order valence-electron chi connectivity index (χ1n) is 8.71. The van der Waals surface area contributed by atoms with Crippen molar-refractivity contribution >= 4 is 6.09 Å². The lowest BCUT2D eigenvalue weighted by molar-refractivity contribution is 0.00538. The Morgan fingerprint density at radius 2 is 2.19 bits per heavy atom. The Labute approximate surface area is 152 Å². The number of amides is 1. The number of ether oxygens (including phenoxy) is 1. The van der Waals surface area contributed by atoms with Gasteiger partial charge in [0.2, 0.25) is 11.7 Å². The van der Waals surface area contributed by atoms with Crippen molar-refractivity contribution in [2.24, 2.45) is 0 Å². The molecule has 1 amide bonds. The zero-order valence-corrected chi connectivity index (χ0v) is 15.2. The van der Waals surface area contributed by atoms with Crippen LogP contribution < -0.4 is 0 Å². The van der Waals surface area contributed by atoms with Crippen molar-refractivity contribution in [1.29, 1.82) is 5.26 Å². The van der Waals surface area contributed by atoms with E-state index in [4.69, 9.17) is 14.5 Å². The van der Waals surface area contributed by atoms with E-state index in [2.05, 4.69) is 16.2 Å². The summed E-state index contributed by atoms with van der Waals surface area (Å²) in [5.74, 6) is 0.805. The summed E-state index contributed by atoms with van der Waals surface area (Å²) < 4.78 is 11.0. The Bertz CT molecular complexity index is 832. The highest BCUT2D eigenvalue weighted by atomic mass is 16.6. The fourth-order valence-electron chi connectivity index (χ4n) is 2.94. The van der Waals surface area contributed by atoms with Crippen LogP contribution in [-0.2, 0) is 4.74 Å². The lowest BCUT2D eigenvalue weighted by Crippen LogP contribution is -2.42. The quantitative estimate of drug-likeness (QED) is 0.807. The molecule has 136 valence electrons. The maximum atomic E-state index is 12.5. The van der Waals surface area contributed by atoms with Gasteiger partial charge in [-0.2, -0.15) is 10.2 Å². The van der Waals surface area contributed by atoms with Crippen LogP contribution in [-0.4, -0.2) is 33.3 Å². The molecule has 2 aromatic rings. The van der Waals surface area contributed by atoms with Gasteiger partial charge >= 0.3 is 6.09 Å². The van der Waals surface area contributed by atoms with Gasteiger partial charge in [0.25, 0.3) is 0 Å². The molecule has 0 bridgehead atoms. The van der Waals surface area contributed by atoms with E-state index < -0.39 is 5.60 Å². The van der Waals surface area contributed by atoms with Gasteiger partial charge in [0.15, 0.2) is 0 Å². The molecule has 7 heteroatoms. The second-order valence-electron chi connectivity index (χ2n) is 7.33. The summed E-state index contributed by atoms with van der Waals surface area (Å²) in [6.45, 7) is 6.13. The predicted octanol–water partition coefficient (Wildman–Crippen LogP) is 4.07. The Morgan fingerprint density at radius 1 is 1.38 bits per heavy atom. The molecule has 0 N–H and O–H groups in total. The molecular formula is C19H22N4O3. The molecule has 1 aliphatic heterocycles. The van der Waals surface area contributed by atoms with Crippen LogP contribution in [0.3, 0.4) is 0 Å². The maximum Gasteiger partial charge on any atom is 0.410 e. The summed E-state index contributed by atoms with van der Waals surface area (Å²) in [6, 6.07) is 8.83. The highest BCUT2D eigenvalue weighted by Gasteiger charge is 2.34. The number of nitriles is 1. The fraction of sp³-hybridized carbons (Fsp3) is 0.474. The molecule has 26 heavy (non-hydrogen) atoms. The first-order valence-corrected chi connectivity index (χ1v) is 8.71. The van der Waals surface area contributed by atoms with Crippen LogP contribution in [0.15, 0.2) is 28.8 Å². The molecule has 2 heterocycles. The van der Waals surface area contributed by atoms with E-state index in [0.29, 0.717) is 29.4 Å². The number of benzene rings is 1. The highest BCUT2D eigenvalue weighted by Crippen LogP contribution is 2.32. The fourth-order valence-corrected chi connectivity index (χ4v) is 2.94. The van der Waals surface area contributed by atoms with Crippen LogP contribution in [0.1, 0.15) is 57.5 Å². The van der Waals surface area contributed by atoms with Gasteiger partial charge in [-0.25, -0.2) is 4.79 Å². The Hall–Kier alpha value is -2.88. The lowest BCUT2D eigenvalue weighted by atomic mass is 10.0. The highest BCUT2D eigenvalue weighted by molar-refractivity contribution is 5.69. The SMILES string of the molecule is CC(C)(C)OC(=O)N1CCCC[C@H]1c1nc(-c2cccc(C#N)c2)no1. The van der Waals surface area contributed by atoms with E-state index in [9.17, 15) is 4.79 Å². The normalized spacial score (nSPS) is 17.6. The molecule has 7 nitrogen and oxygen atoms in total. The first-order chi connectivity index (χ1) is 12.4. The molecule has 0 radical (unpaired) electrons. The van der Waals surface area contributed by atoms with E-state index >= 15 is 0 Å². The average Bonchev–Trinajstić information content (AvgIpc) is 3.10. The largest absolute Gasteiger partial charge is 0.444 e. The number of aromatic nitrogens is 2. The number of nitrogens with zero attached hydrogens (tertiary/aromatic N) is 4. The molecule has 0 spiro atoms. The molecule has 0 aliphatic carbocycles. The molecule has 3 rings (SSSR count). The molecule has 1 fully saturated rings. The van der Waals surface area contributed by atoms with Gasteiger partial charge in [0.1, 0.15) is 11.6 Å². The second kappa shape index (κ2) is 7.16. The van der Waals surface area contributed by atoms with Gasteiger partial charge in [-0.15, -0.1) is 0 Å². The van der Waals surface area contributed by atoms with Crippen molar-refractivity contribution in [1.82, 2.24) is 15.0 Å². The molecule has 1 aliphatic rings. The summed E-state index contributed by atoms with van der Waals surface area (Å²) in [6.07, 6.45) is 2.28. The van der Waals surface area contributed by atoms with Crippen LogP contribution in [0.25, 0.3) is 11.4 Å². The van der Waals surface area contributed by atoms with E-state index in [0.717, 1.165) is 19.3 Å². The number of piperidine rings is 1. The minimum Gasteiger partial charge on any atom is -0.444 e. The van der Waals surface area contributed by atoms with Crippen molar-refractivity contribution in [2.75, 3.05) is 6.54 Å². The maximum absolute atomic E-state index is 12.5. The van der Waals surface area contributed by atoms with Gasteiger partial charge in [-0.3, -0.25) is 4.90 Å². The second-order valence-corrected chi connectivity index (χ2v) is 7.33. The summed E-state index contributed by atoms with van der Waals surface area (Å²) in [4.78, 5) is 18.7. The average molecular weight is 354 g/mol. The van der Waals surface area contributed by atoms with Crippen molar-refractivity contribution in [3.8, 4) is 17.5 Å². The molecule has 0 unspecified atom stereocenters. The monoisotopic (exact) mass is 354 g/mol. The van der Waals surface area contributed by atoms with Crippen molar-refractivity contribution < 1.29 is 14.1 Å². The van der Waals surface area contributed by atoms with Gasteiger partial charge in [0, 0.05) is 12.1 Å². The van der Waals surface area contributed by atoms with E-state index in [1.807, 2.05) is 26.8 Å². The number of rotatable bonds is 2. The summed E-state index contributed by atoms with van der Waals surface area (Å²) in [7, 11) is 0. The van der Waals surface area contributed by atoms with Crippen molar-refractivity contribution in [2.45, 2.75) is 51.7 Å². The van der Waals surface area contributed by atoms with Crippen molar-refractivity contribution in [3.05, 3.63) is 35.7 Å². The smallest absolute Gasteiger partial charge is 0.410 e. The van der Waals surface area contributed by atoms with Crippen LogP contribution in [0, 0.1) is 11.3 Å². The third-order valence-corrected chi connectivity index (χ3v) is 4.11. The van der Waals surface area contributed by atoms with Crippen LogP contribution in [0.4, 0.5) is 4.79 Å². The minimum absolute atomic E-state index is 0.293. The van der Waals surface area contributed by atoms with Crippen LogP contribution >= 0.6 is 0 Å². The summed E-state index contributed by atoms with van der Waals surface area (Å²) >= 11 is 0. The van der Waals surface area contributed by atoms with E-state index in [1.54, 1.807) is 23.1 Å². The summed E-state index contributed by atoms with van der Waals surface area (Å²) in [5, 5.41) is 13.1. The first kappa shape index (κ1) is 17.9. The third-order valence-electron chi connectivity index (χ3n) is 4.11. The minimum atomic E-state index is -0.559.